The summed E-state index contributed by atoms with van der Waals surface area (Å²) in [6, 6.07) is 1.44. The van der Waals surface area contributed by atoms with Gasteiger partial charge in [0.25, 0.3) is 0 Å². The molecule has 0 radical (unpaired) electrons. The normalized spacial score (nSPS) is 20.7. The summed E-state index contributed by atoms with van der Waals surface area (Å²) in [7, 11) is 0. The van der Waals surface area contributed by atoms with E-state index in [2.05, 4.69) is 9.97 Å². The topological polar surface area (TPSA) is 86.3 Å². The first-order valence-electron chi connectivity index (χ1n) is 7.50. The number of thiazole rings is 1. The van der Waals surface area contributed by atoms with Gasteiger partial charge in [-0.15, -0.1) is 0 Å². The van der Waals surface area contributed by atoms with Crippen LogP contribution in [0.25, 0.3) is 0 Å². The van der Waals surface area contributed by atoms with Crippen molar-refractivity contribution in [2.24, 2.45) is 5.92 Å². The van der Waals surface area contributed by atoms with Gasteiger partial charge < -0.3 is 15.0 Å². The number of carboxylic acid groups (broad SMARTS) is 1. The summed E-state index contributed by atoms with van der Waals surface area (Å²) in [6.45, 7) is 0.591. The van der Waals surface area contributed by atoms with Crippen LogP contribution in [-0.4, -0.2) is 46.1 Å². The van der Waals surface area contributed by atoms with E-state index in [1.54, 1.807) is 4.90 Å². The SMILES string of the molecule is O=C(C[C@@H]1CCN(c2ncc(C(=O)O)s2)C[C@@H]1F)c1cc(Cl)c(Cl)[nH]1. The second-order valence-electron chi connectivity index (χ2n) is 5.80. The number of aromatic nitrogens is 2. The van der Waals surface area contributed by atoms with Crippen molar-refractivity contribution in [3.8, 4) is 0 Å². The van der Waals surface area contributed by atoms with Crippen LogP contribution in [0.4, 0.5) is 9.52 Å². The number of halogens is 3. The molecule has 134 valence electrons. The Hall–Kier alpha value is -1.64. The fourth-order valence-corrected chi connectivity index (χ4v) is 3.87. The quantitative estimate of drug-likeness (QED) is 0.736. The average Bonchev–Trinajstić information content (AvgIpc) is 3.17. The standard InChI is InChI=1S/C15H14Cl2FN3O3S/c16-8-4-10(20-13(8)17)11(22)3-7-1-2-21(6-9(7)18)15-19-5-12(25-15)14(23)24/h4-5,7,9,20H,1-3,6H2,(H,23,24)/t7-,9-/m0/s1. The van der Waals surface area contributed by atoms with Gasteiger partial charge in [0.15, 0.2) is 10.9 Å². The van der Waals surface area contributed by atoms with Gasteiger partial charge in [0.05, 0.1) is 23.5 Å². The molecule has 1 aliphatic rings. The molecule has 2 N–H and O–H groups in total. The third kappa shape index (κ3) is 3.96. The maximum Gasteiger partial charge on any atom is 0.347 e. The van der Waals surface area contributed by atoms with E-state index in [0.29, 0.717) is 18.1 Å². The van der Waals surface area contributed by atoms with Crippen LogP contribution in [0.1, 0.15) is 33.0 Å². The van der Waals surface area contributed by atoms with Gasteiger partial charge in [-0.3, -0.25) is 4.79 Å². The number of rotatable bonds is 5. The molecule has 2 atom stereocenters. The van der Waals surface area contributed by atoms with Crippen LogP contribution in [0, 0.1) is 5.92 Å². The van der Waals surface area contributed by atoms with E-state index in [9.17, 15) is 14.0 Å². The molecule has 0 aliphatic carbocycles. The summed E-state index contributed by atoms with van der Waals surface area (Å²) in [5.41, 5.74) is 0.274. The lowest BCUT2D eigenvalue weighted by Crippen LogP contribution is -2.42. The predicted molar refractivity (Wildman–Crippen MR) is 94.0 cm³/mol. The van der Waals surface area contributed by atoms with Crippen molar-refractivity contribution in [2.75, 3.05) is 18.0 Å². The lowest BCUT2D eigenvalue weighted by atomic mass is 9.89. The third-order valence-electron chi connectivity index (χ3n) is 4.12. The second-order valence-corrected chi connectivity index (χ2v) is 7.59. The highest BCUT2D eigenvalue weighted by Gasteiger charge is 2.32. The van der Waals surface area contributed by atoms with Gasteiger partial charge >= 0.3 is 5.97 Å². The molecule has 6 nitrogen and oxygen atoms in total. The van der Waals surface area contributed by atoms with Crippen molar-refractivity contribution in [3.05, 3.63) is 33.0 Å². The molecule has 0 saturated carbocycles. The Labute approximate surface area is 156 Å². The van der Waals surface area contributed by atoms with E-state index in [0.717, 1.165) is 11.3 Å². The molecule has 0 spiro atoms. The van der Waals surface area contributed by atoms with Gasteiger partial charge in [-0.2, -0.15) is 0 Å². The molecular weight excluding hydrogens is 392 g/mol. The molecular formula is C15H14Cl2FN3O3S. The van der Waals surface area contributed by atoms with Crippen LogP contribution in [-0.2, 0) is 0 Å². The summed E-state index contributed by atoms with van der Waals surface area (Å²) >= 11 is 12.6. The minimum absolute atomic E-state index is 0.0560. The van der Waals surface area contributed by atoms with Crippen LogP contribution in [0.3, 0.4) is 0 Å². The first-order valence-corrected chi connectivity index (χ1v) is 9.07. The van der Waals surface area contributed by atoms with Crippen LogP contribution >= 0.6 is 34.5 Å². The Balaban J connectivity index is 1.61. The van der Waals surface area contributed by atoms with Crippen molar-refractivity contribution in [1.29, 1.82) is 0 Å². The molecule has 0 unspecified atom stereocenters. The number of hydrogen-bond donors (Lipinski definition) is 2. The number of aromatic carboxylic acids is 1. The number of carbonyl (C=O) groups excluding carboxylic acids is 1. The van der Waals surface area contributed by atoms with Gasteiger partial charge in [-0.1, -0.05) is 34.5 Å². The number of H-pyrrole nitrogens is 1. The van der Waals surface area contributed by atoms with Crippen molar-refractivity contribution in [1.82, 2.24) is 9.97 Å². The van der Waals surface area contributed by atoms with E-state index in [1.807, 2.05) is 0 Å². The Morgan fingerprint density at radius 3 is 2.80 bits per heavy atom. The van der Waals surface area contributed by atoms with Crippen molar-refractivity contribution in [3.63, 3.8) is 0 Å². The Bertz CT molecular complexity index is 790. The monoisotopic (exact) mass is 405 g/mol. The number of nitrogens with zero attached hydrogens (tertiary/aromatic N) is 2. The van der Waals surface area contributed by atoms with E-state index >= 15 is 0 Å². The Morgan fingerprint density at radius 1 is 1.48 bits per heavy atom. The maximum absolute atomic E-state index is 14.5. The lowest BCUT2D eigenvalue weighted by Gasteiger charge is -2.34. The number of aromatic amines is 1. The van der Waals surface area contributed by atoms with E-state index in [-0.39, 0.29) is 39.5 Å². The number of alkyl halides is 1. The molecule has 0 amide bonds. The zero-order valence-electron chi connectivity index (χ0n) is 12.8. The lowest BCUT2D eigenvalue weighted by molar-refractivity contribution is 0.0701. The summed E-state index contributed by atoms with van der Waals surface area (Å²) < 4.78 is 14.5. The molecule has 0 bridgehead atoms. The molecule has 10 heteroatoms. The molecule has 2 aromatic heterocycles. The molecule has 3 heterocycles. The van der Waals surface area contributed by atoms with Crippen molar-refractivity contribution < 1.29 is 19.1 Å². The van der Waals surface area contributed by atoms with Gasteiger partial charge in [0.1, 0.15) is 16.2 Å². The average molecular weight is 406 g/mol. The highest BCUT2D eigenvalue weighted by Crippen LogP contribution is 2.31. The van der Waals surface area contributed by atoms with Crippen LogP contribution in [0.5, 0.6) is 0 Å². The number of carboxylic acids is 1. The fourth-order valence-electron chi connectivity index (χ4n) is 2.77. The fraction of sp³-hybridized carbons (Fsp3) is 0.400. The minimum Gasteiger partial charge on any atom is -0.477 e. The number of hydrogen-bond acceptors (Lipinski definition) is 5. The van der Waals surface area contributed by atoms with E-state index < -0.39 is 18.1 Å². The summed E-state index contributed by atoms with van der Waals surface area (Å²) in [5, 5.41) is 9.87. The summed E-state index contributed by atoms with van der Waals surface area (Å²) in [6.07, 6.45) is 0.581. The molecule has 25 heavy (non-hydrogen) atoms. The van der Waals surface area contributed by atoms with Gasteiger partial charge in [0.2, 0.25) is 0 Å². The second kappa shape index (κ2) is 7.31. The largest absolute Gasteiger partial charge is 0.477 e. The zero-order valence-corrected chi connectivity index (χ0v) is 15.2. The van der Waals surface area contributed by atoms with E-state index in [1.165, 1.54) is 12.3 Å². The number of nitrogens with one attached hydrogen (secondary N) is 1. The maximum atomic E-state index is 14.5. The van der Waals surface area contributed by atoms with Gasteiger partial charge in [-0.25, -0.2) is 14.2 Å². The highest BCUT2D eigenvalue weighted by molar-refractivity contribution is 7.17. The first-order chi connectivity index (χ1) is 11.8. The Kier molecular flexibility index (Phi) is 5.31. The van der Waals surface area contributed by atoms with Crippen LogP contribution in [0.15, 0.2) is 12.3 Å². The molecule has 0 aromatic carbocycles. The molecule has 1 aliphatic heterocycles. The summed E-state index contributed by atoms with van der Waals surface area (Å²) in [4.78, 5) is 31.7. The predicted octanol–water partition coefficient (Wildman–Crippen LogP) is 3.91. The molecule has 1 fully saturated rings. The first kappa shape index (κ1) is 18.2. The van der Waals surface area contributed by atoms with E-state index in [4.69, 9.17) is 28.3 Å². The highest BCUT2D eigenvalue weighted by atomic mass is 35.5. The Morgan fingerprint density at radius 2 is 2.24 bits per heavy atom. The van der Waals surface area contributed by atoms with Gasteiger partial charge in [0, 0.05) is 18.9 Å². The summed E-state index contributed by atoms with van der Waals surface area (Å²) in [5.74, 6) is -1.70. The number of Topliss-reactive ketones (excluding diaryl/α,β-unsaturated/α-hetero) is 1. The molecule has 3 rings (SSSR count). The van der Waals surface area contributed by atoms with Crippen molar-refractivity contribution >= 4 is 51.4 Å². The molecule has 1 saturated heterocycles. The zero-order chi connectivity index (χ0) is 18.1. The number of carbonyl (C=O) groups is 2. The van der Waals surface area contributed by atoms with Crippen LogP contribution < -0.4 is 4.90 Å². The smallest absolute Gasteiger partial charge is 0.347 e. The number of piperidine rings is 1. The molecule has 2 aromatic rings. The number of anilines is 1. The van der Waals surface area contributed by atoms with Gasteiger partial charge in [-0.05, 0) is 12.5 Å². The van der Waals surface area contributed by atoms with Crippen molar-refractivity contribution in [2.45, 2.75) is 19.0 Å². The number of ketones is 1. The minimum atomic E-state index is -1.21. The third-order valence-corrected chi connectivity index (χ3v) is 5.86. The van der Waals surface area contributed by atoms with Crippen LogP contribution in [0.2, 0.25) is 10.2 Å².